The normalized spacial score (nSPS) is 12.1. The summed E-state index contributed by atoms with van der Waals surface area (Å²) in [6.07, 6.45) is 2.89. The van der Waals surface area contributed by atoms with Gasteiger partial charge in [0.05, 0.1) is 0 Å². The van der Waals surface area contributed by atoms with Gasteiger partial charge >= 0.3 is 0 Å². The third-order valence-corrected chi connectivity index (χ3v) is 5.62. The van der Waals surface area contributed by atoms with Crippen LogP contribution in [-0.2, 0) is 7.05 Å². The number of benzene rings is 3. The molecular formula is C27H20F2N2O2. The largest absolute Gasteiger partial charge is 0.492 e. The van der Waals surface area contributed by atoms with Gasteiger partial charge in [0.25, 0.3) is 0 Å². The standard InChI is InChI=1S/C27H20F2N2O2/c1-31-16-24(23-13-14-30-27(32)25(23)31)26(33-22-11-9-21(29)10-12-22)19-4-2-3-18(15-19)17-5-7-20(28)8-6-17/h2-16,26H,1H3,(H,30,32). The third kappa shape index (κ3) is 4.03. The summed E-state index contributed by atoms with van der Waals surface area (Å²) in [6.45, 7) is 0. The molecule has 0 saturated carbocycles. The molecule has 1 atom stereocenters. The molecule has 0 aliphatic rings. The van der Waals surface area contributed by atoms with Crippen molar-refractivity contribution in [2.24, 2.45) is 7.05 Å². The highest BCUT2D eigenvalue weighted by atomic mass is 19.1. The zero-order chi connectivity index (χ0) is 22.9. The Morgan fingerprint density at radius 3 is 2.30 bits per heavy atom. The van der Waals surface area contributed by atoms with E-state index in [2.05, 4.69) is 4.98 Å². The van der Waals surface area contributed by atoms with Gasteiger partial charge < -0.3 is 14.4 Å². The van der Waals surface area contributed by atoms with Gasteiger partial charge in [-0.15, -0.1) is 0 Å². The summed E-state index contributed by atoms with van der Waals surface area (Å²) in [5.41, 5.74) is 4.05. The molecule has 164 valence electrons. The fourth-order valence-corrected chi connectivity index (χ4v) is 4.06. The van der Waals surface area contributed by atoms with E-state index in [0.29, 0.717) is 11.3 Å². The minimum atomic E-state index is -0.554. The van der Waals surface area contributed by atoms with Crippen LogP contribution in [0.1, 0.15) is 17.2 Å². The summed E-state index contributed by atoms with van der Waals surface area (Å²) in [5, 5.41) is 11.1. The molecule has 0 aliphatic carbocycles. The summed E-state index contributed by atoms with van der Waals surface area (Å²) in [5.74, 6) is -0.208. The first kappa shape index (κ1) is 20.7. The van der Waals surface area contributed by atoms with Crippen LogP contribution in [0.25, 0.3) is 22.0 Å². The highest BCUT2D eigenvalue weighted by Gasteiger charge is 2.23. The summed E-state index contributed by atoms with van der Waals surface area (Å²) in [4.78, 5) is 3.99. The van der Waals surface area contributed by atoms with Gasteiger partial charge in [-0.2, -0.15) is 0 Å². The molecule has 1 N–H and O–H groups in total. The molecular weight excluding hydrogens is 422 g/mol. The minimum Gasteiger partial charge on any atom is -0.492 e. The quantitative estimate of drug-likeness (QED) is 0.343. The lowest BCUT2D eigenvalue weighted by Crippen LogP contribution is -2.09. The van der Waals surface area contributed by atoms with E-state index in [1.165, 1.54) is 24.3 Å². The lowest BCUT2D eigenvalue weighted by molar-refractivity contribution is 0.248. The van der Waals surface area contributed by atoms with Crippen LogP contribution >= 0.6 is 0 Å². The first-order valence-electron chi connectivity index (χ1n) is 10.4. The Balaban J connectivity index is 1.65. The smallest absolute Gasteiger partial charge is 0.236 e. The molecule has 1 unspecified atom stereocenters. The third-order valence-electron chi connectivity index (χ3n) is 5.62. The van der Waals surface area contributed by atoms with E-state index in [9.17, 15) is 13.9 Å². The molecule has 5 rings (SSSR count). The van der Waals surface area contributed by atoms with Gasteiger partial charge in [-0.3, -0.25) is 0 Å². The van der Waals surface area contributed by atoms with Crippen LogP contribution in [0, 0.1) is 11.6 Å². The van der Waals surface area contributed by atoms with E-state index in [4.69, 9.17) is 4.74 Å². The van der Waals surface area contributed by atoms with Crippen molar-refractivity contribution in [3.8, 4) is 22.8 Å². The number of nitrogens with zero attached hydrogens (tertiary/aromatic N) is 2. The number of aryl methyl sites for hydroxylation is 1. The Labute approximate surface area is 189 Å². The van der Waals surface area contributed by atoms with Crippen LogP contribution < -0.4 is 4.74 Å². The molecule has 33 heavy (non-hydrogen) atoms. The van der Waals surface area contributed by atoms with Crippen molar-refractivity contribution in [2.75, 3.05) is 0 Å². The number of ether oxygens (including phenoxy) is 1. The Bertz CT molecular complexity index is 1430. The Morgan fingerprint density at radius 2 is 1.58 bits per heavy atom. The second kappa shape index (κ2) is 8.39. The van der Waals surface area contributed by atoms with Crippen LogP contribution in [0.5, 0.6) is 11.6 Å². The van der Waals surface area contributed by atoms with Crippen LogP contribution in [0.3, 0.4) is 0 Å². The fraction of sp³-hybridized carbons (Fsp3) is 0.0741. The molecule has 0 fully saturated rings. The maximum Gasteiger partial charge on any atom is 0.236 e. The number of aromatic hydroxyl groups is 1. The number of pyridine rings is 1. The molecule has 0 radical (unpaired) electrons. The lowest BCUT2D eigenvalue weighted by Gasteiger charge is -2.20. The first-order chi connectivity index (χ1) is 16.0. The maximum absolute atomic E-state index is 13.5. The number of aromatic nitrogens is 2. The van der Waals surface area contributed by atoms with Gasteiger partial charge in [0, 0.05) is 30.4 Å². The van der Waals surface area contributed by atoms with Gasteiger partial charge in [-0.05, 0) is 65.2 Å². The maximum atomic E-state index is 13.5. The van der Waals surface area contributed by atoms with Crippen molar-refractivity contribution in [2.45, 2.75) is 6.10 Å². The summed E-state index contributed by atoms with van der Waals surface area (Å²) in [7, 11) is 1.83. The van der Waals surface area contributed by atoms with Gasteiger partial charge in [-0.25, -0.2) is 13.8 Å². The van der Waals surface area contributed by atoms with Crippen LogP contribution in [0.15, 0.2) is 91.3 Å². The van der Waals surface area contributed by atoms with E-state index in [0.717, 1.165) is 27.6 Å². The summed E-state index contributed by atoms with van der Waals surface area (Å²) >= 11 is 0. The van der Waals surface area contributed by atoms with Gasteiger partial charge in [0.2, 0.25) is 5.88 Å². The van der Waals surface area contributed by atoms with Crippen molar-refractivity contribution >= 4 is 10.9 Å². The molecule has 0 aliphatic heterocycles. The Kier molecular flexibility index (Phi) is 5.26. The van der Waals surface area contributed by atoms with E-state index in [1.54, 1.807) is 35.0 Å². The average Bonchev–Trinajstić information content (AvgIpc) is 3.16. The van der Waals surface area contributed by atoms with Crippen molar-refractivity contribution in [3.63, 3.8) is 0 Å². The molecule has 0 spiro atoms. The van der Waals surface area contributed by atoms with E-state index >= 15 is 0 Å². The van der Waals surface area contributed by atoms with E-state index in [-0.39, 0.29) is 17.5 Å². The topological polar surface area (TPSA) is 47.3 Å². The minimum absolute atomic E-state index is 0.0677. The highest BCUT2D eigenvalue weighted by Crippen LogP contribution is 2.37. The molecule has 0 saturated heterocycles. The number of halogens is 2. The molecule has 2 aromatic heterocycles. The molecule has 0 amide bonds. The molecule has 2 heterocycles. The highest BCUT2D eigenvalue weighted by molar-refractivity contribution is 5.88. The Hall–Kier alpha value is -4.19. The monoisotopic (exact) mass is 442 g/mol. The zero-order valence-electron chi connectivity index (χ0n) is 17.7. The first-order valence-corrected chi connectivity index (χ1v) is 10.4. The summed E-state index contributed by atoms with van der Waals surface area (Å²) < 4.78 is 35.1. The molecule has 4 nitrogen and oxygen atoms in total. The molecule has 3 aromatic carbocycles. The van der Waals surface area contributed by atoms with Crippen LogP contribution in [0.4, 0.5) is 8.78 Å². The van der Waals surface area contributed by atoms with Gasteiger partial charge in [0.15, 0.2) is 6.10 Å². The van der Waals surface area contributed by atoms with Gasteiger partial charge in [0.1, 0.15) is 22.9 Å². The van der Waals surface area contributed by atoms with Crippen molar-refractivity contribution < 1.29 is 18.6 Å². The predicted molar refractivity (Wildman–Crippen MR) is 123 cm³/mol. The van der Waals surface area contributed by atoms with Crippen LogP contribution in [0.2, 0.25) is 0 Å². The molecule has 6 heteroatoms. The van der Waals surface area contributed by atoms with Gasteiger partial charge in [-0.1, -0.05) is 30.3 Å². The number of hydrogen-bond acceptors (Lipinski definition) is 3. The second-order valence-electron chi connectivity index (χ2n) is 7.81. The van der Waals surface area contributed by atoms with Crippen molar-refractivity contribution in [1.29, 1.82) is 0 Å². The fourth-order valence-electron chi connectivity index (χ4n) is 4.06. The predicted octanol–water partition coefficient (Wildman–Crippen LogP) is 6.39. The molecule has 5 aromatic rings. The molecule has 0 bridgehead atoms. The number of rotatable bonds is 5. The van der Waals surface area contributed by atoms with E-state index < -0.39 is 6.10 Å². The van der Waals surface area contributed by atoms with Crippen molar-refractivity contribution in [3.05, 3.63) is 114 Å². The lowest BCUT2D eigenvalue weighted by atomic mass is 9.96. The van der Waals surface area contributed by atoms with E-state index in [1.807, 2.05) is 43.6 Å². The second-order valence-corrected chi connectivity index (χ2v) is 7.81. The number of fused-ring (bicyclic) bond motifs is 1. The van der Waals surface area contributed by atoms with Crippen molar-refractivity contribution in [1.82, 2.24) is 9.55 Å². The average molecular weight is 442 g/mol. The zero-order valence-corrected chi connectivity index (χ0v) is 17.7. The van der Waals surface area contributed by atoms with Crippen LogP contribution in [-0.4, -0.2) is 14.7 Å². The Morgan fingerprint density at radius 1 is 0.879 bits per heavy atom. The summed E-state index contributed by atoms with van der Waals surface area (Å²) in [6, 6.07) is 21.8. The number of hydrogen-bond donors (Lipinski definition) is 1. The SMILES string of the molecule is Cn1cc(C(Oc2ccc(F)cc2)c2cccc(-c3ccc(F)cc3)c2)c2ccnc(O)c21.